The van der Waals surface area contributed by atoms with Crippen molar-refractivity contribution in [3.05, 3.63) is 29.8 Å². The van der Waals surface area contributed by atoms with Crippen LogP contribution in [0, 0.1) is 0 Å². The Morgan fingerprint density at radius 2 is 2.29 bits per heavy atom. The number of hydrogen-bond donors (Lipinski definition) is 1. The van der Waals surface area contributed by atoms with Crippen LogP contribution in [-0.4, -0.2) is 30.5 Å². The normalized spacial score (nSPS) is 24.2. The van der Waals surface area contributed by atoms with E-state index in [9.17, 15) is 4.79 Å². The zero-order chi connectivity index (χ0) is 12.4. The maximum absolute atomic E-state index is 11.8. The zero-order valence-corrected chi connectivity index (χ0v) is 10.2. The number of hydrogen-bond acceptors (Lipinski definition) is 3. The van der Waals surface area contributed by atoms with Gasteiger partial charge >= 0.3 is 0 Å². The van der Waals surface area contributed by atoms with Crippen molar-refractivity contribution in [2.24, 2.45) is 5.73 Å². The highest BCUT2D eigenvalue weighted by Gasteiger charge is 2.37. The van der Waals surface area contributed by atoms with Crippen LogP contribution < -0.4 is 10.5 Å². The van der Waals surface area contributed by atoms with E-state index in [2.05, 4.69) is 0 Å². The Morgan fingerprint density at radius 3 is 2.94 bits per heavy atom. The topological polar surface area (TPSA) is 55.6 Å². The molecule has 1 aliphatic rings. The minimum atomic E-state index is -0.130. The number of methoxy groups -OCH3 is 1. The van der Waals surface area contributed by atoms with Gasteiger partial charge in [-0.15, -0.1) is 0 Å². The fraction of sp³-hybridized carbons (Fsp3) is 0.462. The van der Waals surface area contributed by atoms with Crippen molar-refractivity contribution in [3.8, 4) is 5.75 Å². The van der Waals surface area contributed by atoms with E-state index >= 15 is 0 Å². The lowest BCUT2D eigenvalue weighted by atomic mass is 10.0. The number of carbonyl (C=O) groups excluding carboxylic acids is 1. The van der Waals surface area contributed by atoms with Gasteiger partial charge in [0.15, 0.2) is 0 Å². The van der Waals surface area contributed by atoms with Crippen molar-refractivity contribution in [3.63, 3.8) is 0 Å². The summed E-state index contributed by atoms with van der Waals surface area (Å²) in [6, 6.07) is 7.61. The van der Waals surface area contributed by atoms with Crippen molar-refractivity contribution < 1.29 is 9.53 Å². The Bertz CT molecular complexity index is 420. The van der Waals surface area contributed by atoms with Gasteiger partial charge in [-0.2, -0.15) is 0 Å². The maximum atomic E-state index is 11.8. The molecule has 1 amide bonds. The first-order chi connectivity index (χ1) is 8.17. The van der Waals surface area contributed by atoms with E-state index in [4.69, 9.17) is 10.5 Å². The average Bonchev–Trinajstić information content (AvgIpc) is 2.63. The van der Waals surface area contributed by atoms with Crippen LogP contribution in [0.2, 0.25) is 0 Å². The standard InChI is InChI=1S/C13H18N2O2/c1-3-15-12(16)8-11(14)13(15)9-5-4-6-10(7-9)17-2/h4-7,11,13H,3,8,14H2,1-2H3/t11-,13+/m0/s1. The SMILES string of the molecule is CCN1C(=O)C[C@H](N)[C@H]1c1cccc(OC)c1. The minimum absolute atomic E-state index is 0.0254. The summed E-state index contributed by atoms with van der Waals surface area (Å²) >= 11 is 0. The lowest BCUT2D eigenvalue weighted by Gasteiger charge is -2.26. The van der Waals surface area contributed by atoms with Crippen molar-refractivity contribution in [2.45, 2.75) is 25.4 Å². The van der Waals surface area contributed by atoms with E-state index in [0.717, 1.165) is 11.3 Å². The largest absolute Gasteiger partial charge is 0.497 e. The minimum Gasteiger partial charge on any atom is -0.497 e. The molecule has 0 unspecified atom stereocenters. The molecule has 2 atom stereocenters. The lowest BCUT2D eigenvalue weighted by Crippen LogP contribution is -2.32. The summed E-state index contributed by atoms with van der Waals surface area (Å²) < 4.78 is 5.20. The summed E-state index contributed by atoms with van der Waals surface area (Å²) in [5.74, 6) is 0.929. The van der Waals surface area contributed by atoms with Crippen LogP contribution in [0.5, 0.6) is 5.75 Å². The first kappa shape index (κ1) is 11.9. The Labute approximate surface area is 101 Å². The Morgan fingerprint density at radius 1 is 1.53 bits per heavy atom. The Kier molecular flexibility index (Phi) is 3.33. The van der Waals surface area contributed by atoms with E-state index in [1.54, 1.807) is 7.11 Å². The van der Waals surface area contributed by atoms with Gasteiger partial charge in [-0.05, 0) is 24.6 Å². The molecule has 1 saturated heterocycles. The summed E-state index contributed by atoms with van der Waals surface area (Å²) in [6.45, 7) is 2.66. The molecule has 0 spiro atoms. The van der Waals surface area contributed by atoms with Crippen LogP contribution in [0.1, 0.15) is 24.9 Å². The fourth-order valence-electron chi connectivity index (χ4n) is 2.44. The number of rotatable bonds is 3. The number of amides is 1. The second-order valence-corrected chi connectivity index (χ2v) is 4.27. The molecule has 1 aromatic carbocycles. The highest BCUT2D eigenvalue weighted by Crippen LogP contribution is 2.33. The number of likely N-dealkylation sites (N-methyl/N-ethyl adjacent to an activating group) is 1. The number of nitrogens with zero attached hydrogens (tertiary/aromatic N) is 1. The van der Waals surface area contributed by atoms with Crippen LogP contribution in [0.4, 0.5) is 0 Å². The molecular formula is C13H18N2O2. The second-order valence-electron chi connectivity index (χ2n) is 4.27. The molecule has 2 N–H and O–H groups in total. The highest BCUT2D eigenvalue weighted by atomic mass is 16.5. The molecule has 2 rings (SSSR count). The number of nitrogens with two attached hydrogens (primary N) is 1. The lowest BCUT2D eigenvalue weighted by molar-refractivity contribution is -0.128. The molecule has 1 aromatic rings. The average molecular weight is 234 g/mol. The molecular weight excluding hydrogens is 216 g/mol. The summed E-state index contributed by atoms with van der Waals surface area (Å²) in [4.78, 5) is 13.6. The summed E-state index contributed by atoms with van der Waals surface area (Å²) in [5, 5.41) is 0. The molecule has 0 saturated carbocycles. The smallest absolute Gasteiger partial charge is 0.224 e. The van der Waals surface area contributed by atoms with Crippen molar-refractivity contribution in [2.75, 3.05) is 13.7 Å². The second kappa shape index (κ2) is 4.75. The monoisotopic (exact) mass is 234 g/mol. The van der Waals surface area contributed by atoms with E-state index in [1.807, 2.05) is 36.1 Å². The third-order valence-electron chi connectivity index (χ3n) is 3.25. The molecule has 92 valence electrons. The van der Waals surface area contributed by atoms with Crippen molar-refractivity contribution >= 4 is 5.91 Å². The Hall–Kier alpha value is -1.55. The first-order valence-electron chi connectivity index (χ1n) is 5.86. The molecule has 0 aliphatic carbocycles. The summed E-state index contributed by atoms with van der Waals surface area (Å²) in [6.07, 6.45) is 0.426. The fourth-order valence-corrected chi connectivity index (χ4v) is 2.44. The zero-order valence-electron chi connectivity index (χ0n) is 10.2. The predicted molar refractivity (Wildman–Crippen MR) is 65.7 cm³/mol. The highest BCUT2D eigenvalue weighted by molar-refractivity contribution is 5.80. The Balaban J connectivity index is 2.33. The van der Waals surface area contributed by atoms with E-state index in [1.165, 1.54) is 0 Å². The third kappa shape index (κ3) is 2.13. The van der Waals surface area contributed by atoms with Gasteiger partial charge in [0.25, 0.3) is 0 Å². The molecule has 17 heavy (non-hydrogen) atoms. The number of likely N-dealkylation sites (tertiary alicyclic amines) is 1. The maximum Gasteiger partial charge on any atom is 0.224 e. The van der Waals surface area contributed by atoms with Gasteiger partial charge in [0.05, 0.1) is 13.2 Å². The molecule has 0 radical (unpaired) electrons. The summed E-state index contributed by atoms with van der Waals surface area (Å²) in [7, 11) is 1.64. The molecule has 1 heterocycles. The van der Waals surface area contributed by atoms with Gasteiger partial charge in [-0.25, -0.2) is 0 Å². The quantitative estimate of drug-likeness (QED) is 0.858. The first-order valence-corrected chi connectivity index (χ1v) is 5.86. The van der Waals surface area contributed by atoms with E-state index in [0.29, 0.717) is 13.0 Å². The molecule has 4 heteroatoms. The van der Waals surface area contributed by atoms with Gasteiger partial charge in [0.1, 0.15) is 5.75 Å². The summed E-state index contributed by atoms with van der Waals surface area (Å²) in [5.41, 5.74) is 7.10. The van der Waals surface area contributed by atoms with Crippen molar-refractivity contribution in [1.29, 1.82) is 0 Å². The van der Waals surface area contributed by atoms with E-state index in [-0.39, 0.29) is 18.0 Å². The predicted octanol–water partition coefficient (Wildman–Crippen LogP) is 1.32. The van der Waals surface area contributed by atoms with Gasteiger partial charge < -0.3 is 15.4 Å². The van der Waals surface area contributed by atoms with Crippen LogP contribution >= 0.6 is 0 Å². The van der Waals surface area contributed by atoms with Crippen molar-refractivity contribution in [1.82, 2.24) is 4.90 Å². The molecule has 1 fully saturated rings. The third-order valence-corrected chi connectivity index (χ3v) is 3.25. The van der Waals surface area contributed by atoms with E-state index < -0.39 is 0 Å². The van der Waals surface area contributed by atoms with Crippen LogP contribution in [0.15, 0.2) is 24.3 Å². The molecule has 1 aliphatic heterocycles. The van der Waals surface area contributed by atoms with Gasteiger partial charge in [0.2, 0.25) is 5.91 Å². The molecule has 4 nitrogen and oxygen atoms in total. The molecule has 0 aromatic heterocycles. The van der Waals surface area contributed by atoms with Crippen LogP contribution in [0.25, 0.3) is 0 Å². The van der Waals surface area contributed by atoms with Gasteiger partial charge in [-0.3, -0.25) is 4.79 Å². The van der Waals surface area contributed by atoms with Gasteiger partial charge in [0, 0.05) is 19.0 Å². The number of carbonyl (C=O) groups is 1. The van der Waals surface area contributed by atoms with Gasteiger partial charge in [-0.1, -0.05) is 12.1 Å². The molecule has 0 bridgehead atoms. The number of ether oxygens (including phenoxy) is 1. The van der Waals surface area contributed by atoms with Crippen LogP contribution in [0.3, 0.4) is 0 Å². The number of benzene rings is 1. The van der Waals surface area contributed by atoms with Crippen LogP contribution in [-0.2, 0) is 4.79 Å².